The SMILES string of the molecule is CNCc1cc(COc2cc(C)cc(C)c2)c(C)s1. The van der Waals surface area contributed by atoms with Gasteiger partial charge in [-0.3, -0.25) is 0 Å². The zero-order valence-corrected chi connectivity index (χ0v) is 12.9. The molecule has 0 saturated carbocycles. The first-order valence-corrected chi connectivity index (χ1v) is 7.34. The zero-order valence-electron chi connectivity index (χ0n) is 12.0. The highest BCUT2D eigenvalue weighted by atomic mass is 32.1. The smallest absolute Gasteiger partial charge is 0.120 e. The van der Waals surface area contributed by atoms with E-state index < -0.39 is 0 Å². The van der Waals surface area contributed by atoms with Gasteiger partial charge >= 0.3 is 0 Å². The molecule has 0 amide bonds. The van der Waals surface area contributed by atoms with Crippen LogP contribution in [-0.4, -0.2) is 7.05 Å². The molecule has 2 aromatic rings. The molecule has 0 fully saturated rings. The third-order valence-corrected chi connectivity index (χ3v) is 4.10. The summed E-state index contributed by atoms with van der Waals surface area (Å²) in [6, 6.07) is 8.57. The maximum absolute atomic E-state index is 5.91. The minimum atomic E-state index is 0.648. The van der Waals surface area contributed by atoms with Gasteiger partial charge in [0.1, 0.15) is 12.4 Å². The monoisotopic (exact) mass is 275 g/mol. The van der Waals surface area contributed by atoms with Crippen molar-refractivity contribution < 1.29 is 4.74 Å². The molecule has 1 aromatic carbocycles. The number of benzene rings is 1. The first-order chi connectivity index (χ1) is 9.08. The minimum Gasteiger partial charge on any atom is -0.489 e. The van der Waals surface area contributed by atoms with Crippen LogP contribution in [0, 0.1) is 20.8 Å². The molecule has 0 saturated heterocycles. The second-order valence-corrected chi connectivity index (χ2v) is 6.28. The van der Waals surface area contributed by atoms with Crippen LogP contribution in [-0.2, 0) is 13.2 Å². The molecule has 2 nitrogen and oxygen atoms in total. The molecule has 2 rings (SSSR count). The standard InChI is InChI=1S/C16H21NOS/c1-11-5-12(2)7-15(6-11)18-10-14-8-16(9-17-4)19-13(14)3/h5-8,17H,9-10H2,1-4H3. The van der Waals surface area contributed by atoms with Gasteiger partial charge in [-0.15, -0.1) is 11.3 Å². The summed E-state index contributed by atoms with van der Waals surface area (Å²) in [5, 5.41) is 3.18. The molecule has 1 aromatic heterocycles. The third-order valence-electron chi connectivity index (χ3n) is 3.01. The largest absolute Gasteiger partial charge is 0.489 e. The van der Waals surface area contributed by atoms with Crippen molar-refractivity contribution in [3.63, 3.8) is 0 Å². The average Bonchev–Trinajstić information content (AvgIpc) is 2.66. The summed E-state index contributed by atoms with van der Waals surface area (Å²) in [6.07, 6.45) is 0. The van der Waals surface area contributed by atoms with Crippen LogP contribution in [0.4, 0.5) is 0 Å². The van der Waals surface area contributed by atoms with Crippen LogP contribution in [0.25, 0.3) is 0 Å². The molecular formula is C16H21NOS. The van der Waals surface area contributed by atoms with Gasteiger partial charge in [0.2, 0.25) is 0 Å². The average molecular weight is 275 g/mol. The Morgan fingerprint density at radius 2 is 1.74 bits per heavy atom. The van der Waals surface area contributed by atoms with Crippen LogP contribution in [0.15, 0.2) is 24.3 Å². The van der Waals surface area contributed by atoms with E-state index in [9.17, 15) is 0 Å². The van der Waals surface area contributed by atoms with Gasteiger partial charge in [-0.2, -0.15) is 0 Å². The summed E-state index contributed by atoms with van der Waals surface area (Å²) in [6.45, 7) is 7.93. The lowest BCUT2D eigenvalue weighted by atomic mass is 10.1. The predicted octanol–water partition coefficient (Wildman–Crippen LogP) is 3.97. The molecule has 1 heterocycles. The van der Waals surface area contributed by atoms with E-state index >= 15 is 0 Å². The van der Waals surface area contributed by atoms with E-state index in [0.29, 0.717) is 6.61 Å². The molecule has 0 aliphatic carbocycles. The van der Waals surface area contributed by atoms with Crippen molar-refractivity contribution in [2.75, 3.05) is 7.05 Å². The topological polar surface area (TPSA) is 21.3 Å². The number of aryl methyl sites for hydroxylation is 3. The molecule has 0 aliphatic heterocycles. The number of nitrogens with one attached hydrogen (secondary N) is 1. The fourth-order valence-electron chi connectivity index (χ4n) is 2.17. The van der Waals surface area contributed by atoms with Crippen LogP contribution < -0.4 is 10.1 Å². The van der Waals surface area contributed by atoms with Crippen molar-refractivity contribution in [1.82, 2.24) is 5.32 Å². The molecule has 0 atom stereocenters. The van der Waals surface area contributed by atoms with Crippen molar-refractivity contribution in [2.45, 2.75) is 33.9 Å². The molecule has 3 heteroatoms. The molecule has 0 bridgehead atoms. The van der Waals surface area contributed by atoms with Crippen LogP contribution >= 0.6 is 11.3 Å². The minimum absolute atomic E-state index is 0.648. The number of hydrogen-bond donors (Lipinski definition) is 1. The van der Waals surface area contributed by atoms with Crippen molar-refractivity contribution in [1.29, 1.82) is 0 Å². The summed E-state index contributed by atoms with van der Waals surface area (Å²) >= 11 is 1.84. The molecular weight excluding hydrogens is 254 g/mol. The molecule has 0 radical (unpaired) electrons. The van der Waals surface area contributed by atoms with E-state index in [-0.39, 0.29) is 0 Å². The van der Waals surface area contributed by atoms with Gasteiger partial charge < -0.3 is 10.1 Å². The molecule has 19 heavy (non-hydrogen) atoms. The Bertz CT molecular complexity index is 540. The number of rotatable bonds is 5. The highest BCUT2D eigenvalue weighted by Crippen LogP contribution is 2.24. The second-order valence-electron chi connectivity index (χ2n) is 4.94. The number of ether oxygens (including phenoxy) is 1. The summed E-state index contributed by atoms with van der Waals surface area (Å²) in [5.41, 5.74) is 3.77. The highest BCUT2D eigenvalue weighted by Gasteiger charge is 2.06. The van der Waals surface area contributed by atoms with Gasteiger partial charge in [-0.25, -0.2) is 0 Å². The van der Waals surface area contributed by atoms with E-state index in [1.54, 1.807) is 0 Å². The second kappa shape index (κ2) is 6.22. The van der Waals surface area contributed by atoms with Crippen molar-refractivity contribution in [3.8, 4) is 5.75 Å². The van der Waals surface area contributed by atoms with E-state index in [2.05, 4.69) is 50.4 Å². The molecule has 0 spiro atoms. The molecule has 0 unspecified atom stereocenters. The maximum atomic E-state index is 5.91. The Hall–Kier alpha value is -1.32. The van der Waals surface area contributed by atoms with Gasteiger partial charge in [0, 0.05) is 21.9 Å². The molecule has 1 N–H and O–H groups in total. The first-order valence-electron chi connectivity index (χ1n) is 6.52. The first kappa shape index (κ1) is 14.1. The van der Waals surface area contributed by atoms with Crippen molar-refractivity contribution >= 4 is 11.3 Å². The van der Waals surface area contributed by atoms with Gasteiger partial charge in [0.25, 0.3) is 0 Å². The van der Waals surface area contributed by atoms with Gasteiger partial charge in [0.15, 0.2) is 0 Å². The lowest BCUT2D eigenvalue weighted by Crippen LogP contribution is -2.02. The molecule has 0 aliphatic rings. The summed E-state index contributed by atoms with van der Waals surface area (Å²) in [7, 11) is 1.97. The normalized spacial score (nSPS) is 10.7. The van der Waals surface area contributed by atoms with Gasteiger partial charge in [0.05, 0.1) is 0 Å². The highest BCUT2D eigenvalue weighted by molar-refractivity contribution is 7.12. The summed E-state index contributed by atoms with van der Waals surface area (Å²) in [5.74, 6) is 0.957. The van der Waals surface area contributed by atoms with E-state index in [0.717, 1.165) is 12.3 Å². The van der Waals surface area contributed by atoms with Crippen LogP contribution in [0.1, 0.15) is 26.4 Å². The summed E-state index contributed by atoms with van der Waals surface area (Å²) in [4.78, 5) is 2.70. The quantitative estimate of drug-likeness (QED) is 0.891. The van der Waals surface area contributed by atoms with Gasteiger partial charge in [-0.05, 0) is 57.1 Å². The van der Waals surface area contributed by atoms with Crippen molar-refractivity contribution in [2.24, 2.45) is 0 Å². The fraction of sp³-hybridized carbons (Fsp3) is 0.375. The van der Waals surface area contributed by atoms with Crippen LogP contribution in [0.3, 0.4) is 0 Å². The Kier molecular flexibility index (Phi) is 4.61. The van der Waals surface area contributed by atoms with E-state index in [4.69, 9.17) is 4.74 Å². The Morgan fingerprint density at radius 1 is 1.05 bits per heavy atom. The third kappa shape index (κ3) is 3.82. The van der Waals surface area contributed by atoms with E-state index in [1.165, 1.54) is 26.4 Å². The van der Waals surface area contributed by atoms with Crippen LogP contribution in [0.5, 0.6) is 5.75 Å². The Balaban J connectivity index is 2.05. The zero-order chi connectivity index (χ0) is 13.8. The number of thiophene rings is 1. The Morgan fingerprint density at radius 3 is 2.37 bits per heavy atom. The Labute approximate surface area is 119 Å². The maximum Gasteiger partial charge on any atom is 0.120 e. The van der Waals surface area contributed by atoms with Crippen LogP contribution in [0.2, 0.25) is 0 Å². The van der Waals surface area contributed by atoms with Gasteiger partial charge in [-0.1, -0.05) is 6.07 Å². The van der Waals surface area contributed by atoms with Crippen molar-refractivity contribution in [3.05, 3.63) is 50.7 Å². The van der Waals surface area contributed by atoms with E-state index in [1.807, 2.05) is 18.4 Å². The lowest BCUT2D eigenvalue weighted by Gasteiger charge is -2.08. The number of hydrogen-bond acceptors (Lipinski definition) is 3. The molecule has 102 valence electrons. The summed E-state index contributed by atoms with van der Waals surface area (Å²) < 4.78 is 5.91. The lowest BCUT2D eigenvalue weighted by molar-refractivity contribution is 0.305. The fourth-order valence-corrected chi connectivity index (χ4v) is 3.23. The predicted molar refractivity (Wildman–Crippen MR) is 82.1 cm³/mol.